The van der Waals surface area contributed by atoms with Gasteiger partial charge >= 0.3 is 0 Å². The largest absolute Gasteiger partial charge is 0.360 e. The molecule has 0 heterocycles. The van der Waals surface area contributed by atoms with Crippen molar-refractivity contribution in [3.05, 3.63) is 36.0 Å². The van der Waals surface area contributed by atoms with E-state index in [1.165, 1.54) is 30.5 Å². The van der Waals surface area contributed by atoms with E-state index in [1.54, 1.807) is 6.07 Å². The number of carbonyl (C=O) groups excluding carboxylic acids is 1. The molecule has 1 aromatic rings. The second-order valence-corrected chi connectivity index (χ2v) is 5.49. The summed E-state index contributed by atoms with van der Waals surface area (Å²) in [7, 11) is -4.30. The SMILES string of the molecule is CCCNC(=O)/C(C#N)=C\Nc1cccc(S(=O)(=O)O)c1. The molecule has 8 heteroatoms. The fourth-order valence-electron chi connectivity index (χ4n) is 1.38. The molecule has 0 atom stereocenters. The van der Waals surface area contributed by atoms with E-state index < -0.39 is 16.0 Å². The Hall–Kier alpha value is -2.37. The lowest BCUT2D eigenvalue weighted by Crippen LogP contribution is -2.25. The topological polar surface area (TPSA) is 119 Å². The molecule has 21 heavy (non-hydrogen) atoms. The fourth-order valence-corrected chi connectivity index (χ4v) is 1.91. The summed E-state index contributed by atoms with van der Waals surface area (Å²) in [6, 6.07) is 7.11. The average molecular weight is 309 g/mol. The first-order chi connectivity index (χ1) is 9.88. The number of anilines is 1. The Labute approximate surface area is 123 Å². The van der Waals surface area contributed by atoms with Crippen molar-refractivity contribution < 1.29 is 17.8 Å². The molecule has 1 rings (SSSR count). The zero-order valence-electron chi connectivity index (χ0n) is 11.3. The Kier molecular flexibility index (Phi) is 5.90. The van der Waals surface area contributed by atoms with Crippen molar-refractivity contribution >= 4 is 21.7 Å². The Morgan fingerprint density at radius 3 is 2.76 bits per heavy atom. The van der Waals surface area contributed by atoms with E-state index in [-0.39, 0.29) is 10.5 Å². The van der Waals surface area contributed by atoms with Gasteiger partial charge in [-0.15, -0.1) is 0 Å². The van der Waals surface area contributed by atoms with Crippen molar-refractivity contribution in [1.29, 1.82) is 5.26 Å². The summed E-state index contributed by atoms with van der Waals surface area (Å²) >= 11 is 0. The van der Waals surface area contributed by atoms with Crippen LogP contribution in [-0.2, 0) is 14.9 Å². The number of rotatable bonds is 6. The number of nitriles is 1. The number of benzene rings is 1. The first-order valence-corrected chi connectivity index (χ1v) is 7.55. The molecule has 0 radical (unpaired) electrons. The van der Waals surface area contributed by atoms with Gasteiger partial charge in [-0.2, -0.15) is 13.7 Å². The van der Waals surface area contributed by atoms with Crippen LogP contribution in [-0.4, -0.2) is 25.4 Å². The smallest absolute Gasteiger partial charge is 0.294 e. The normalized spacial score (nSPS) is 11.6. The number of nitrogens with one attached hydrogen (secondary N) is 2. The van der Waals surface area contributed by atoms with E-state index in [0.29, 0.717) is 12.2 Å². The van der Waals surface area contributed by atoms with Crippen LogP contribution in [0.2, 0.25) is 0 Å². The van der Waals surface area contributed by atoms with E-state index in [9.17, 15) is 13.2 Å². The molecule has 0 spiro atoms. The molecule has 0 bridgehead atoms. The van der Waals surface area contributed by atoms with Crippen LogP contribution in [0, 0.1) is 11.3 Å². The van der Waals surface area contributed by atoms with Crippen molar-refractivity contribution in [3.63, 3.8) is 0 Å². The minimum atomic E-state index is -4.30. The number of carbonyl (C=O) groups is 1. The predicted octanol–water partition coefficient (Wildman–Crippen LogP) is 1.28. The summed E-state index contributed by atoms with van der Waals surface area (Å²) in [6.07, 6.45) is 1.92. The molecule has 0 aliphatic rings. The Bertz CT molecular complexity index is 690. The molecule has 7 nitrogen and oxygen atoms in total. The third kappa shape index (κ3) is 5.25. The summed E-state index contributed by atoms with van der Waals surface area (Å²) in [4.78, 5) is 11.3. The van der Waals surface area contributed by atoms with Gasteiger partial charge in [-0.05, 0) is 24.6 Å². The van der Waals surface area contributed by atoms with Crippen molar-refractivity contribution in [2.75, 3.05) is 11.9 Å². The highest BCUT2D eigenvalue weighted by Crippen LogP contribution is 2.15. The predicted molar refractivity (Wildman–Crippen MR) is 76.9 cm³/mol. The van der Waals surface area contributed by atoms with Crippen molar-refractivity contribution in [1.82, 2.24) is 5.32 Å². The van der Waals surface area contributed by atoms with Gasteiger partial charge in [-0.1, -0.05) is 13.0 Å². The van der Waals surface area contributed by atoms with E-state index in [0.717, 1.165) is 6.42 Å². The van der Waals surface area contributed by atoms with Gasteiger partial charge in [-0.25, -0.2) is 0 Å². The maximum Gasteiger partial charge on any atom is 0.294 e. The summed E-state index contributed by atoms with van der Waals surface area (Å²) in [5.74, 6) is -0.516. The van der Waals surface area contributed by atoms with Gasteiger partial charge in [0.25, 0.3) is 16.0 Å². The summed E-state index contributed by atoms with van der Waals surface area (Å²) < 4.78 is 30.9. The third-order valence-electron chi connectivity index (χ3n) is 2.42. The van der Waals surface area contributed by atoms with Crippen LogP contribution in [0.25, 0.3) is 0 Å². The van der Waals surface area contributed by atoms with Crippen LogP contribution in [0.1, 0.15) is 13.3 Å². The molecule has 0 saturated carbocycles. The highest BCUT2D eigenvalue weighted by Gasteiger charge is 2.10. The molecule has 1 aromatic carbocycles. The molecule has 0 aliphatic heterocycles. The van der Waals surface area contributed by atoms with Gasteiger partial charge in [0, 0.05) is 18.4 Å². The molecule has 0 aliphatic carbocycles. The number of nitrogens with zero attached hydrogens (tertiary/aromatic N) is 1. The summed E-state index contributed by atoms with van der Waals surface area (Å²) in [6.45, 7) is 2.34. The van der Waals surface area contributed by atoms with Crippen LogP contribution >= 0.6 is 0 Å². The maximum absolute atomic E-state index is 11.6. The first-order valence-electron chi connectivity index (χ1n) is 6.11. The lowest BCUT2D eigenvalue weighted by molar-refractivity contribution is -0.117. The third-order valence-corrected chi connectivity index (χ3v) is 3.27. The van der Waals surface area contributed by atoms with Gasteiger partial charge in [0.15, 0.2) is 0 Å². The second kappa shape index (κ2) is 7.42. The zero-order valence-corrected chi connectivity index (χ0v) is 12.1. The van der Waals surface area contributed by atoms with E-state index in [4.69, 9.17) is 9.81 Å². The van der Waals surface area contributed by atoms with Crippen LogP contribution in [0.4, 0.5) is 5.69 Å². The van der Waals surface area contributed by atoms with Crippen molar-refractivity contribution in [2.24, 2.45) is 0 Å². The number of hydrogen-bond acceptors (Lipinski definition) is 5. The van der Waals surface area contributed by atoms with Gasteiger partial charge in [0.1, 0.15) is 11.6 Å². The van der Waals surface area contributed by atoms with Crippen molar-refractivity contribution in [2.45, 2.75) is 18.2 Å². The second-order valence-electron chi connectivity index (χ2n) is 4.07. The van der Waals surface area contributed by atoms with Crippen LogP contribution in [0.3, 0.4) is 0 Å². The van der Waals surface area contributed by atoms with Gasteiger partial charge in [0.05, 0.1) is 4.90 Å². The van der Waals surface area contributed by atoms with Gasteiger partial charge < -0.3 is 10.6 Å². The molecule has 0 unspecified atom stereocenters. The van der Waals surface area contributed by atoms with E-state index >= 15 is 0 Å². The van der Waals surface area contributed by atoms with Crippen LogP contribution in [0.15, 0.2) is 40.9 Å². The lowest BCUT2D eigenvalue weighted by Gasteiger charge is -2.05. The highest BCUT2D eigenvalue weighted by molar-refractivity contribution is 7.85. The number of hydrogen-bond donors (Lipinski definition) is 3. The minimum absolute atomic E-state index is 0.138. The molecule has 0 fully saturated rings. The standard InChI is InChI=1S/C13H15N3O4S/c1-2-6-15-13(17)10(8-14)9-16-11-4-3-5-12(7-11)21(18,19)20/h3-5,7,9,16H,2,6H2,1H3,(H,15,17)(H,18,19,20)/b10-9-. The molecule has 1 amide bonds. The molecule has 3 N–H and O–H groups in total. The summed E-state index contributed by atoms with van der Waals surface area (Å²) in [5, 5.41) is 14.1. The van der Waals surface area contributed by atoms with Crippen LogP contribution in [0.5, 0.6) is 0 Å². The zero-order chi connectivity index (χ0) is 15.9. The lowest BCUT2D eigenvalue weighted by atomic mass is 10.2. The average Bonchev–Trinajstić information content (AvgIpc) is 2.45. The quantitative estimate of drug-likeness (QED) is 0.414. The minimum Gasteiger partial charge on any atom is -0.360 e. The highest BCUT2D eigenvalue weighted by atomic mass is 32.2. The Morgan fingerprint density at radius 1 is 1.48 bits per heavy atom. The molecule has 0 aromatic heterocycles. The fraction of sp³-hybridized carbons (Fsp3) is 0.231. The Balaban J connectivity index is 2.88. The first kappa shape index (κ1) is 16.7. The Morgan fingerprint density at radius 2 is 2.19 bits per heavy atom. The van der Waals surface area contributed by atoms with Crippen molar-refractivity contribution in [3.8, 4) is 6.07 Å². The molecular formula is C13H15N3O4S. The van der Waals surface area contributed by atoms with Crippen LogP contribution < -0.4 is 10.6 Å². The van der Waals surface area contributed by atoms with Gasteiger partial charge in [0.2, 0.25) is 0 Å². The van der Waals surface area contributed by atoms with E-state index in [1.807, 2.05) is 6.92 Å². The molecule has 112 valence electrons. The molecule has 0 saturated heterocycles. The number of amides is 1. The maximum atomic E-state index is 11.6. The molecular weight excluding hydrogens is 294 g/mol. The van der Waals surface area contributed by atoms with E-state index in [2.05, 4.69) is 10.6 Å². The van der Waals surface area contributed by atoms with Gasteiger partial charge in [-0.3, -0.25) is 9.35 Å². The monoisotopic (exact) mass is 309 g/mol. The summed E-state index contributed by atoms with van der Waals surface area (Å²) in [5.41, 5.74) is 0.182.